The second-order valence-corrected chi connectivity index (χ2v) is 3.87. The van der Waals surface area contributed by atoms with Gasteiger partial charge < -0.3 is 11.5 Å². The van der Waals surface area contributed by atoms with Crippen LogP contribution in [0.25, 0.3) is 0 Å². The van der Waals surface area contributed by atoms with E-state index < -0.39 is 6.04 Å². The van der Waals surface area contributed by atoms with Crippen molar-refractivity contribution >= 4 is 17.7 Å². The Kier molecular flexibility index (Phi) is 1.92. The number of hydrogen-bond donors (Lipinski definition) is 2. The van der Waals surface area contributed by atoms with Crippen molar-refractivity contribution in [2.75, 3.05) is 6.26 Å². The molecule has 1 rings (SSSR count). The first-order chi connectivity index (χ1) is 4.62. The molecule has 1 fully saturated rings. The van der Waals surface area contributed by atoms with E-state index in [1.807, 2.05) is 6.26 Å². The van der Waals surface area contributed by atoms with Gasteiger partial charge in [-0.3, -0.25) is 4.79 Å². The molecule has 10 heavy (non-hydrogen) atoms. The second kappa shape index (κ2) is 2.43. The quantitative estimate of drug-likeness (QED) is 0.595. The first kappa shape index (κ1) is 7.88. The molecule has 58 valence electrons. The van der Waals surface area contributed by atoms with E-state index in [1.165, 1.54) is 0 Å². The molecular formula is C6H12N2OS. The van der Waals surface area contributed by atoms with Crippen LogP contribution in [0.15, 0.2) is 0 Å². The lowest BCUT2D eigenvalue weighted by molar-refractivity contribution is -0.119. The lowest BCUT2D eigenvalue weighted by Crippen LogP contribution is -2.45. The standard InChI is InChI=1S/C6H12N2OS/c1-10-6(2-3-6)4(7)5(8)9/h4H,2-3,7H2,1H3,(H2,8,9). The maximum Gasteiger partial charge on any atom is 0.235 e. The van der Waals surface area contributed by atoms with Gasteiger partial charge >= 0.3 is 0 Å². The molecular weight excluding hydrogens is 148 g/mol. The van der Waals surface area contributed by atoms with Crippen LogP contribution in [0.4, 0.5) is 0 Å². The molecule has 3 nitrogen and oxygen atoms in total. The minimum Gasteiger partial charge on any atom is -0.368 e. The van der Waals surface area contributed by atoms with Gasteiger partial charge in [-0.05, 0) is 19.1 Å². The summed E-state index contributed by atoms with van der Waals surface area (Å²) in [5, 5.41) is 0. The number of hydrogen-bond acceptors (Lipinski definition) is 3. The zero-order chi connectivity index (χ0) is 7.78. The van der Waals surface area contributed by atoms with Gasteiger partial charge in [0.15, 0.2) is 0 Å². The number of carbonyl (C=O) groups excluding carboxylic acids is 1. The normalized spacial score (nSPS) is 23.8. The van der Waals surface area contributed by atoms with Gasteiger partial charge in [0.1, 0.15) is 0 Å². The van der Waals surface area contributed by atoms with Gasteiger partial charge in [-0.1, -0.05) is 0 Å². The van der Waals surface area contributed by atoms with Crippen molar-refractivity contribution in [3.05, 3.63) is 0 Å². The summed E-state index contributed by atoms with van der Waals surface area (Å²) in [6.07, 6.45) is 4.02. The number of primary amides is 1. The Hall–Kier alpha value is -0.220. The molecule has 4 N–H and O–H groups in total. The Morgan fingerprint density at radius 2 is 2.20 bits per heavy atom. The summed E-state index contributed by atoms with van der Waals surface area (Å²) in [5.41, 5.74) is 10.6. The number of thioether (sulfide) groups is 1. The van der Waals surface area contributed by atoms with Crippen molar-refractivity contribution in [1.82, 2.24) is 0 Å². The molecule has 0 aromatic heterocycles. The van der Waals surface area contributed by atoms with Crippen LogP contribution in [-0.2, 0) is 4.79 Å². The molecule has 0 radical (unpaired) electrons. The summed E-state index contributed by atoms with van der Waals surface area (Å²) < 4.78 is -0.00810. The van der Waals surface area contributed by atoms with E-state index in [4.69, 9.17) is 11.5 Å². The molecule has 1 unspecified atom stereocenters. The van der Waals surface area contributed by atoms with E-state index >= 15 is 0 Å². The fraction of sp³-hybridized carbons (Fsp3) is 0.833. The molecule has 0 bridgehead atoms. The van der Waals surface area contributed by atoms with Crippen LogP contribution in [0.5, 0.6) is 0 Å². The maximum absolute atomic E-state index is 10.6. The van der Waals surface area contributed by atoms with Crippen LogP contribution in [0.2, 0.25) is 0 Å². The zero-order valence-corrected chi connectivity index (χ0v) is 6.78. The minimum absolute atomic E-state index is 0.00810. The Morgan fingerprint density at radius 3 is 2.30 bits per heavy atom. The molecule has 1 atom stereocenters. The van der Waals surface area contributed by atoms with Gasteiger partial charge in [0.25, 0.3) is 0 Å². The second-order valence-electron chi connectivity index (χ2n) is 2.65. The number of amides is 1. The average molecular weight is 160 g/mol. The fourth-order valence-corrected chi connectivity index (χ4v) is 1.90. The first-order valence-corrected chi connectivity index (χ1v) is 4.45. The van der Waals surface area contributed by atoms with E-state index in [0.717, 1.165) is 12.8 Å². The van der Waals surface area contributed by atoms with Crippen LogP contribution < -0.4 is 11.5 Å². The van der Waals surface area contributed by atoms with E-state index in [1.54, 1.807) is 11.8 Å². The summed E-state index contributed by atoms with van der Waals surface area (Å²) in [6, 6.07) is -0.456. The molecule has 1 saturated carbocycles. The maximum atomic E-state index is 10.6. The topological polar surface area (TPSA) is 69.1 Å². The lowest BCUT2D eigenvalue weighted by atomic mass is 10.2. The Balaban J connectivity index is 2.55. The van der Waals surface area contributed by atoms with E-state index in [0.29, 0.717) is 0 Å². The van der Waals surface area contributed by atoms with Crippen molar-refractivity contribution in [1.29, 1.82) is 0 Å². The molecule has 0 heterocycles. The third kappa shape index (κ3) is 1.13. The Morgan fingerprint density at radius 1 is 1.70 bits per heavy atom. The Labute approximate surface area is 64.5 Å². The van der Waals surface area contributed by atoms with Crippen molar-refractivity contribution in [2.45, 2.75) is 23.6 Å². The average Bonchev–Trinajstić information content (AvgIpc) is 2.66. The molecule has 0 saturated heterocycles. The third-order valence-electron chi connectivity index (χ3n) is 2.02. The summed E-state index contributed by atoms with van der Waals surface area (Å²) in [5.74, 6) is -0.383. The van der Waals surface area contributed by atoms with Crippen molar-refractivity contribution in [3.8, 4) is 0 Å². The molecule has 4 heteroatoms. The number of carbonyl (C=O) groups is 1. The Bertz CT molecular complexity index is 156. The highest BCUT2D eigenvalue weighted by Gasteiger charge is 2.49. The smallest absolute Gasteiger partial charge is 0.235 e. The molecule has 0 aliphatic heterocycles. The first-order valence-electron chi connectivity index (χ1n) is 3.22. The number of rotatable bonds is 3. The third-order valence-corrected chi connectivity index (χ3v) is 3.50. The number of nitrogens with two attached hydrogens (primary N) is 2. The van der Waals surface area contributed by atoms with Crippen LogP contribution in [-0.4, -0.2) is 23.0 Å². The van der Waals surface area contributed by atoms with E-state index in [2.05, 4.69) is 0 Å². The molecule has 0 spiro atoms. The molecule has 1 aliphatic carbocycles. The monoisotopic (exact) mass is 160 g/mol. The van der Waals surface area contributed by atoms with Gasteiger partial charge in [-0.15, -0.1) is 0 Å². The minimum atomic E-state index is -0.456. The van der Waals surface area contributed by atoms with Crippen molar-refractivity contribution in [2.24, 2.45) is 11.5 Å². The highest BCUT2D eigenvalue weighted by Crippen LogP contribution is 2.49. The van der Waals surface area contributed by atoms with Gasteiger partial charge in [-0.2, -0.15) is 11.8 Å². The van der Waals surface area contributed by atoms with E-state index in [-0.39, 0.29) is 10.7 Å². The predicted molar refractivity (Wildman–Crippen MR) is 42.6 cm³/mol. The van der Waals surface area contributed by atoms with Gasteiger partial charge in [0, 0.05) is 4.75 Å². The predicted octanol–water partition coefficient (Wildman–Crippen LogP) is -0.305. The van der Waals surface area contributed by atoms with Crippen molar-refractivity contribution < 1.29 is 4.79 Å². The van der Waals surface area contributed by atoms with Gasteiger partial charge in [-0.25, -0.2) is 0 Å². The molecule has 0 aromatic carbocycles. The molecule has 1 aliphatic rings. The van der Waals surface area contributed by atoms with Crippen molar-refractivity contribution in [3.63, 3.8) is 0 Å². The summed E-state index contributed by atoms with van der Waals surface area (Å²) in [7, 11) is 0. The largest absolute Gasteiger partial charge is 0.368 e. The van der Waals surface area contributed by atoms with E-state index in [9.17, 15) is 4.79 Å². The lowest BCUT2D eigenvalue weighted by Gasteiger charge is -2.16. The van der Waals surface area contributed by atoms with Gasteiger partial charge in [0.05, 0.1) is 6.04 Å². The highest BCUT2D eigenvalue weighted by molar-refractivity contribution is 8.00. The van der Waals surface area contributed by atoms with Crippen LogP contribution in [0, 0.1) is 0 Å². The van der Waals surface area contributed by atoms with Gasteiger partial charge in [0.2, 0.25) is 5.91 Å². The highest BCUT2D eigenvalue weighted by atomic mass is 32.2. The van der Waals surface area contributed by atoms with Crippen LogP contribution in [0.1, 0.15) is 12.8 Å². The summed E-state index contributed by atoms with van der Waals surface area (Å²) >= 11 is 1.65. The molecule has 1 amide bonds. The SMILES string of the molecule is CSC1(C(N)C(N)=O)CC1. The van der Waals surface area contributed by atoms with Crippen LogP contribution >= 0.6 is 11.8 Å². The fourth-order valence-electron chi connectivity index (χ4n) is 1.02. The molecule has 0 aromatic rings. The summed E-state index contributed by atoms with van der Waals surface area (Å²) in [6.45, 7) is 0. The van der Waals surface area contributed by atoms with Crippen LogP contribution in [0.3, 0.4) is 0 Å². The zero-order valence-electron chi connectivity index (χ0n) is 5.96. The summed E-state index contributed by atoms with van der Waals surface area (Å²) in [4.78, 5) is 10.6.